The van der Waals surface area contributed by atoms with E-state index in [1.165, 1.54) is 0 Å². The molecule has 0 atom stereocenters. The number of amides is 1. The number of nitrogens with one attached hydrogen (secondary N) is 1. The van der Waals surface area contributed by atoms with Crippen molar-refractivity contribution in [3.63, 3.8) is 0 Å². The van der Waals surface area contributed by atoms with Crippen molar-refractivity contribution in [1.29, 1.82) is 0 Å². The third kappa shape index (κ3) is 3.36. The van der Waals surface area contributed by atoms with E-state index in [1.807, 2.05) is 25.1 Å². The SMILES string of the molecule is Cc1cc(NC(=O)c2cc(Br)ccc2N)ccc1Br. The molecule has 2 rings (SSSR count). The third-order valence-electron chi connectivity index (χ3n) is 2.68. The molecule has 5 heteroatoms. The Balaban J connectivity index is 2.25. The summed E-state index contributed by atoms with van der Waals surface area (Å²) in [4.78, 5) is 12.2. The molecule has 0 heterocycles. The molecule has 0 saturated heterocycles. The first kappa shape index (κ1) is 14.1. The van der Waals surface area contributed by atoms with Crippen molar-refractivity contribution in [2.75, 3.05) is 11.1 Å². The lowest BCUT2D eigenvalue weighted by Crippen LogP contribution is -2.14. The molecular formula is C14H12Br2N2O. The maximum atomic E-state index is 12.2. The molecule has 3 nitrogen and oxygen atoms in total. The van der Waals surface area contributed by atoms with Gasteiger partial charge in [-0.3, -0.25) is 4.79 Å². The highest BCUT2D eigenvalue weighted by molar-refractivity contribution is 9.10. The second-order valence-electron chi connectivity index (χ2n) is 4.15. The molecule has 2 aromatic carbocycles. The van der Waals surface area contributed by atoms with Gasteiger partial charge in [0, 0.05) is 20.3 Å². The predicted octanol–water partition coefficient (Wildman–Crippen LogP) is 4.35. The van der Waals surface area contributed by atoms with Crippen LogP contribution < -0.4 is 11.1 Å². The van der Waals surface area contributed by atoms with Crippen LogP contribution in [-0.4, -0.2) is 5.91 Å². The summed E-state index contributed by atoms with van der Waals surface area (Å²) in [6, 6.07) is 10.8. The second kappa shape index (κ2) is 5.75. The summed E-state index contributed by atoms with van der Waals surface area (Å²) in [6.45, 7) is 1.97. The minimum Gasteiger partial charge on any atom is -0.398 e. The fourth-order valence-corrected chi connectivity index (χ4v) is 2.25. The van der Waals surface area contributed by atoms with Crippen LogP contribution in [0.25, 0.3) is 0 Å². The molecule has 0 bridgehead atoms. The number of anilines is 2. The average molecular weight is 384 g/mol. The summed E-state index contributed by atoms with van der Waals surface area (Å²) in [5.74, 6) is -0.222. The van der Waals surface area contributed by atoms with Crippen LogP contribution in [0.2, 0.25) is 0 Å². The van der Waals surface area contributed by atoms with E-state index in [9.17, 15) is 4.79 Å². The number of hydrogen-bond donors (Lipinski definition) is 2. The molecule has 3 N–H and O–H groups in total. The van der Waals surface area contributed by atoms with E-state index in [4.69, 9.17) is 5.73 Å². The molecule has 98 valence electrons. The molecule has 0 aliphatic rings. The van der Waals surface area contributed by atoms with Crippen molar-refractivity contribution in [3.05, 3.63) is 56.5 Å². The van der Waals surface area contributed by atoms with Gasteiger partial charge in [0.15, 0.2) is 0 Å². The maximum Gasteiger partial charge on any atom is 0.257 e. The largest absolute Gasteiger partial charge is 0.398 e. The van der Waals surface area contributed by atoms with Crippen molar-refractivity contribution in [2.45, 2.75) is 6.92 Å². The molecule has 0 unspecified atom stereocenters. The highest BCUT2D eigenvalue weighted by Crippen LogP contribution is 2.22. The Labute approximate surface area is 128 Å². The molecule has 0 fully saturated rings. The van der Waals surface area contributed by atoms with Gasteiger partial charge >= 0.3 is 0 Å². The monoisotopic (exact) mass is 382 g/mol. The normalized spacial score (nSPS) is 10.3. The number of benzene rings is 2. The number of rotatable bonds is 2. The van der Waals surface area contributed by atoms with E-state index in [0.29, 0.717) is 11.3 Å². The molecule has 0 aliphatic heterocycles. The molecule has 0 aromatic heterocycles. The van der Waals surface area contributed by atoms with Crippen LogP contribution in [0, 0.1) is 6.92 Å². The minimum atomic E-state index is -0.222. The van der Waals surface area contributed by atoms with Crippen LogP contribution in [-0.2, 0) is 0 Å². The standard InChI is InChI=1S/C14H12Br2N2O/c1-8-6-10(3-4-12(8)16)18-14(19)11-7-9(15)2-5-13(11)17/h2-7H,17H2,1H3,(H,18,19). The van der Waals surface area contributed by atoms with Gasteiger partial charge in [-0.15, -0.1) is 0 Å². The Morgan fingerprint density at radius 2 is 1.89 bits per heavy atom. The lowest BCUT2D eigenvalue weighted by molar-refractivity contribution is 0.102. The Hall–Kier alpha value is -1.33. The number of nitrogen functional groups attached to an aromatic ring is 1. The zero-order valence-corrected chi connectivity index (χ0v) is 13.4. The van der Waals surface area contributed by atoms with Crippen molar-refractivity contribution in [2.24, 2.45) is 0 Å². The molecule has 0 saturated carbocycles. The molecule has 0 aliphatic carbocycles. The van der Waals surface area contributed by atoms with Crippen molar-refractivity contribution < 1.29 is 4.79 Å². The van der Waals surface area contributed by atoms with Gasteiger partial charge in [-0.1, -0.05) is 31.9 Å². The van der Waals surface area contributed by atoms with E-state index in [2.05, 4.69) is 37.2 Å². The van der Waals surface area contributed by atoms with Gasteiger partial charge in [-0.2, -0.15) is 0 Å². The smallest absolute Gasteiger partial charge is 0.257 e. The lowest BCUT2D eigenvalue weighted by atomic mass is 10.1. The number of hydrogen-bond acceptors (Lipinski definition) is 2. The highest BCUT2D eigenvalue weighted by atomic mass is 79.9. The van der Waals surface area contributed by atoms with Crippen LogP contribution in [0.4, 0.5) is 11.4 Å². The minimum absolute atomic E-state index is 0.222. The van der Waals surface area contributed by atoms with Crippen LogP contribution in [0.5, 0.6) is 0 Å². The summed E-state index contributed by atoms with van der Waals surface area (Å²) in [6.07, 6.45) is 0. The van der Waals surface area contributed by atoms with Crippen molar-refractivity contribution >= 4 is 49.1 Å². The quantitative estimate of drug-likeness (QED) is 0.757. The number of nitrogens with two attached hydrogens (primary N) is 1. The predicted molar refractivity (Wildman–Crippen MR) is 85.4 cm³/mol. The Morgan fingerprint density at radius 3 is 2.58 bits per heavy atom. The highest BCUT2D eigenvalue weighted by Gasteiger charge is 2.10. The Morgan fingerprint density at radius 1 is 1.16 bits per heavy atom. The molecule has 1 amide bonds. The Bertz CT molecular complexity index is 641. The Kier molecular flexibility index (Phi) is 4.27. The molecule has 2 aromatic rings. The zero-order valence-electron chi connectivity index (χ0n) is 10.2. The lowest BCUT2D eigenvalue weighted by Gasteiger charge is -2.09. The van der Waals surface area contributed by atoms with Crippen LogP contribution >= 0.6 is 31.9 Å². The van der Waals surface area contributed by atoms with E-state index in [-0.39, 0.29) is 5.91 Å². The molecular weight excluding hydrogens is 372 g/mol. The fraction of sp³-hybridized carbons (Fsp3) is 0.0714. The number of carbonyl (C=O) groups is 1. The summed E-state index contributed by atoms with van der Waals surface area (Å²) in [5, 5.41) is 2.83. The van der Waals surface area contributed by atoms with E-state index < -0.39 is 0 Å². The first-order chi connectivity index (χ1) is 8.97. The van der Waals surface area contributed by atoms with Gasteiger partial charge in [0.25, 0.3) is 5.91 Å². The van der Waals surface area contributed by atoms with E-state index in [1.54, 1.807) is 18.2 Å². The molecule has 19 heavy (non-hydrogen) atoms. The van der Waals surface area contributed by atoms with Crippen molar-refractivity contribution in [3.8, 4) is 0 Å². The van der Waals surface area contributed by atoms with Gasteiger partial charge in [0.05, 0.1) is 5.56 Å². The zero-order chi connectivity index (χ0) is 14.0. The number of aryl methyl sites for hydroxylation is 1. The number of halogens is 2. The van der Waals surface area contributed by atoms with Crippen molar-refractivity contribution in [1.82, 2.24) is 0 Å². The van der Waals surface area contributed by atoms with Gasteiger partial charge < -0.3 is 11.1 Å². The maximum absolute atomic E-state index is 12.2. The van der Waals surface area contributed by atoms with Crippen LogP contribution in [0.15, 0.2) is 45.3 Å². The van der Waals surface area contributed by atoms with E-state index in [0.717, 1.165) is 20.2 Å². The topological polar surface area (TPSA) is 55.1 Å². The van der Waals surface area contributed by atoms with Crippen LogP contribution in [0.1, 0.15) is 15.9 Å². The summed E-state index contributed by atoms with van der Waals surface area (Å²) in [5.41, 5.74) is 8.51. The van der Waals surface area contributed by atoms with Gasteiger partial charge in [-0.25, -0.2) is 0 Å². The summed E-state index contributed by atoms with van der Waals surface area (Å²) >= 11 is 6.75. The molecule has 0 spiro atoms. The van der Waals surface area contributed by atoms with Gasteiger partial charge in [0.1, 0.15) is 0 Å². The van der Waals surface area contributed by atoms with E-state index >= 15 is 0 Å². The molecule has 0 radical (unpaired) electrons. The summed E-state index contributed by atoms with van der Waals surface area (Å²) in [7, 11) is 0. The number of carbonyl (C=O) groups excluding carboxylic acids is 1. The third-order valence-corrected chi connectivity index (χ3v) is 4.06. The van der Waals surface area contributed by atoms with Crippen LogP contribution in [0.3, 0.4) is 0 Å². The average Bonchev–Trinajstić information content (AvgIpc) is 2.36. The van der Waals surface area contributed by atoms with Gasteiger partial charge in [0.2, 0.25) is 0 Å². The second-order valence-corrected chi connectivity index (χ2v) is 5.92. The summed E-state index contributed by atoms with van der Waals surface area (Å²) < 4.78 is 1.83. The fourth-order valence-electron chi connectivity index (χ4n) is 1.65. The first-order valence-electron chi connectivity index (χ1n) is 5.60. The first-order valence-corrected chi connectivity index (χ1v) is 7.18. The van der Waals surface area contributed by atoms with Gasteiger partial charge in [-0.05, 0) is 48.9 Å².